The molecule has 0 radical (unpaired) electrons. The third-order valence-electron chi connectivity index (χ3n) is 3.53. The molecule has 112 valence electrons. The highest BCUT2D eigenvalue weighted by atomic mass is 32.2. The highest BCUT2D eigenvalue weighted by Crippen LogP contribution is 2.34. The zero-order valence-corrected chi connectivity index (χ0v) is 13.7. The molecule has 1 aliphatic carbocycles. The summed E-state index contributed by atoms with van der Waals surface area (Å²) in [6.45, 7) is 5.78. The van der Waals surface area contributed by atoms with E-state index in [0.717, 1.165) is 30.0 Å². The van der Waals surface area contributed by atoms with Gasteiger partial charge in [-0.15, -0.1) is 0 Å². The average Bonchev–Trinajstić information content (AvgIpc) is 3.26. The van der Waals surface area contributed by atoms with E-state index in [0.29, 0.717) is 5.56 Å². The molecule has 1 fully saturated rings. The van der Waals surface area contributed by atoms with Crippen molar-refractivity contribution in [1.82, 2.24) is 0 Å². The molecule has 0 heterocycles. The lowest BCUT2D eigenvalue weighted by atomic mass is 10.0. The molecule has 1 aromatic rings. The molecule has 1 aromatic carbocycles. The first-order valence-corrected chi connectivity index (χ1v) is 8.51. The Labute approximate surface area is 130 Å². The van der Waals surface area contributed by atoms with E-state index in [4.69, 9.17) is 5.26 Å². The van der Waals surface area contributed by atoms with Gasteiger partial charge in [-0.25, -0.2) is 0 Å². The van der Waals surface area contributed by atoms with Crippen molar-refractivity contribution in [3.05, 3.63) is 35.4 Å². The summed E-state index contributed by atoms with van der Waals surface area (Å²) in [6, 6.07) is 9.58. The van der Waals surface area contributed by atoms with Gasteiger partial charge in [0.25, 0.3) is 0 Å². The third-order valence-corrected chi connectivity index (χ3v) is 4.96. The second-order valence-electron chi connectivity index (χ2n) is 6.57. The fourth-order valence-corrected chi connectivity index (χ4v) is 2.67. The second-order valence-corrected chi connectivity index (χ2v) is 8.48. The Morgan fingerprint density at radius 2 is 2.14 bits per heavy atom. The number of hydrogen-bond acceptors (Lipinski definition) is 3. The first-order chi connectivity index (χ1) is 9.90. The highest BCUT2D eigenvalue weighted by Gasteiger charge is 2.28. The van der Waals surface area contributed by atoms with Crippen LogP contribution in [0.1, 0.15) is 57.6 Å². The van der Waals surface area contributed by atoms with Crippen molar-refractivity contribution in [1.29, 1.82) is 5.26 Å². The normalized spacial score (nSPS) is 17.4. The van der Waals surface area contributed by atoms with Gasteiger partial charge in [-0.05, 0) is 51.7 Å². The molecule has 0 aromatic heterocycles. The van der Waals surface area contributed by atoms with E-state index in [-0.39, 0.29) is 4.75 Å². The van der Waals surface area contributed by atoms with Gasteiger partial charge in [0.05, 0.1) is 17.3 Å². The van der Waals surface area contributed by atoms with Gasteiger partial charge in [0.15, 0.2) is 0 Å². The zero-order chi connectivity index (χ0) is 15.5. The van der Waals surface area contributed by atoms with E-state index in [1.165, 1.54) is 12.8 Å². The van der Waals surface area contributed by atoms with Crippen LogP contribution in [0.15, 0.2) is 28.7 Å². The zero-order valence-electron chi connectivity index (χ0n) is 12.9. The lowest BCUT2D eigenvalue weighted by molar-refractivity contribution is 0.561. The first kappa shape index (κ1) is 16.1. The second kappa shape index (κ2) is 6.64. The van der Waals surface area contributed by atoms with Gasteiger partial charge in [0.1, 0.15) is 16.1 Å². The summed E-state index contributed by atoms with van der Waals surface area (Å²) >= 11 is -1.27. The first-order valence-electron chi connectivity index (χ1n) is 7.40. The molecule has 2 rings (SSSR count). The Hall–Kier alpha value is -1.31. The van der Waals surface area contributed by atoms with E-state index in [1.54, 1.807) is 6.07 Å². The monoisotopic (exact) mass is 302 g/mol. The van der Waals surface area contributed by atoms with Crippen LogP contribution in [0.25, 0.3) is 0 Å². The summed E-state index contributed by atoms with van der Waals surface area (Å²) in [4.78, 5) is 0. The van der Waals surface area contributed by atoms with E-state index in [2.05, 4.69) is 10.5 Å². The topological polar surface area (TPSA) is 59.2 Å². The molecular weight excluding hydrogens is 280 g/mol. The summed E-state index contributed by atoms with van der Waals surface area (Å²) in [5, 5.41) is 9.03. The Morgan fingerprint density at radius 3 is 2.71 bits per heavy atom. The Balaban J connectivity index is 2.25. The summed E-state index contributed by atoms with van der Waals surface area (Å²) in [7, 11) is 0. The largest absolute Gasteiger partial charge is 0.591 e. The molecule has 0 bridgehead atoms. The maximum atomic E-state index is 12.3. The molecule has 1 atom stereocenters. The summed E-state index contributed by atoms with van der Waals surface area (Å²) in [5.74, 6) is 0.803. The van der Waals surface area contributed by atoms with E-state index < -0.39 is 11.4 Å². The quantitative estimate of drug-likeness (QED) is 0.609. The summed E-state index contributed by atoms with van der Waals surface area (Å²) in [6.07, 6.45) is 4.53. The Morgan fingerprint density at radius 1 is 1.43 bits per heavy atom. The molecule has 1 saturated carbocycles. The van der Waals surface area contributed by atoms with Crippen molar-refractivity contribution in [2.45, 2.75) is 51.2 Å². The Bertz CT molecular complexity index is 565. The number of hydrogen-bond donors (Lipinski definition) is 0. The maximum Gasteiger partial charge on any atom is 0.144 e. The standard InChI is InChI=1S/C17H22N2OS/c1-17(2,3)21(20)19-16(10-9-13-7-8-13)15-6-4-5-14(11-15)12-18/h4-6,11,13H,7-10H2,1-3H3. The van der Waals surface area contributed by atoms with E-state index in [9.17, 15) is 4.55 Å². The lowest BCUT2D eigenvalue weighted by Crippen LogP contribution is -2.27. The SMILES string of the molecule is CC(C)(C)[S+]([O-])N=C(CCC1CC1)c1cccc(C#N)c1. The number of nitriles is 1. The molecule has 0 N–H and O–H groups in total. The van der Waals surface area contributed by atoms with Gasteiger partial charge in [-0.1, -0.05) is 29.4 Å². The van der Waals surface area contributed by atoms with Gasteiger partial charge >= 0.3 is 0 Å². The molecular formula is C17H22N2OS. The molecule has 0 amide bonds. The number of nitrogens with zero attached hydrogens (tertiary/aromatic N) is 2. The van der Waals surface area contributed by atoms with Gasteiger partial charge in [-0.3, -0.25) is 0 Å². The van der Waals surface area contributed by atoms with Crippen molar-refractivity contribution in [2.75, 3.05) is 0 Å². The Kier molecular flexibility index (Phi) is 5.08. The van der Waals surface area contributed by atoms with Gasteiger partial charge < -0.3 is 4.55 Å². The summed E-state index contributed by atoms with van der Waals surface area (Å²) in [5.41, 5.74) is 2.41. The predicted octanol–water partition coefficient (Wildman–Crippen LogP) is 4.00. The van der Waals surface area contributed by atoms with Crippen molar-refractivity contribution in [3.63, 3.8) is 0 Å². The summed E-state index contributed by atoms with van der Waals surface area (Å²) < 4.78 is 16.4. The molecule has 21 heavy (non-hydrogen) atoms. The van der Waals surface area contributed by atoms with Crippen LogP contribution in [0.5, 0.6) is 0 Å². The molecule has 0 saturated heterocycles. The van der Waals surface area contributed by atoms with Crippen molar-refractivity contribution < 1.29 is 4.55 Å². The number of rotatable bonds is 5. The van der Waals surface area contributed by atoms with Crippen LogP contribution >= 0.6 is 0 Å². The van der Waals surface area contributed by atoms with Gasteiger partial charge in [0, 0.05) is 5.56 Å². The van der Waals surface area contributed by atoms with Gasteiger partial charge in [-0.2, -0.15) is 5.26 Å². The number of benzene rings is 1. The fourth-order valence-electron chi connectivity index (χ4n) is 2.00. The molecule has 4 heteroatoms. The molecule has 3 nitrogen and oxygen atoms in total. The van der Waals surface area contributed by atoms with Crippen LogP contribution in [-0.4, -0.2) is 15.0 Å². The van der Waals surface area contributed by atoms with Crippen molar-refractivity contribution >= 4 is 17.1 Å². The van der Waals surface area contributed by atoms with Crippen molar-refractivity contribution in [3.8, 4) is 6.07 Å². The fraction of sp³-hybridized carbons (Fsp3) is 0.529. The van der Waals surface area contributed by atoms with E-state index >= 15 is 0 Å². The minimum Gasteiger partial charge on any atom is -0.591 e. The molecule has 0 spiro atoms. The smallest absolute Gasteiger partial charge is 0.144 e. The predicted molar refractivity (Wildman–Crippen MR) is 87.5 cm³/mol. The van der Waals surface area contributed by atoms with Crippen LogP contribution in [0.4, 0.5) is 0 Å². The van der Waals surface area contributed by atoms with Crippen LogP contribution in [-0.2, 0) is 11.4 Å². The molecule has 0 aliphatic heterocycles. The van der Waals surface area contributed by atoms with Crippen LogP contribution in [0.3, 0.4) is 0 Å². The minimum atomic E-state index is -1.27. The molecule has 1 unspecified atom stereocenters. The minimum absolute atomic E-state index is 0.363. The molecule has 1 aliphatic rings. The van der Waals surface area contributed by atoms with Crippen molar-refractivity contribution in [2.24, 2.45) is 10.3 Å². The van der Waals surface area contributed by atoms with Crippen LogP contribution in [0, 0.1) is 17.2 Å². The highest BCUT2D eigenvalue weighted by molar-refractivity contribution is 7.91. The third kappa shape index (κ3) is 4.87. The van der Waals surface area contributed by atoms with E-state index in [1.807, 2.05) is 39.0 Å². The van der Waals surface area contributed by atoms with Gasteiger partial charge in [0.2, 0.25) is 0 Å². The average molecular weight is 302 g/mol. The van der Waals surface area contributed by atoms with Crippen LogP contribution in [0.2, 0.25) is 0 Å². The van der Waals surface area contributed by atoms with Crippen LogP contribution < -0.4 is 0 Å². The lowest BCUT2D eigenvalue weighted by Gasteiger charge is -2.19. The maximum absolute atomic E-state index is 12.3.